The Kier molecular flexibility index (Phi) is 12.6. The third kappa shape index (κ3) is 9.28. The van der Waals surface area contributed by atoms with Gasteiger partial charge in [-0.3, -0.25) is 4.79 Å². The van der Waals surface area contributed by atoms with E-state index in [1.807, 2.05) is 24.3 Å². The summed E-state index contributed by atoms with van der Waals surface area (Å²) in [6.45, 7) is 4.06. The van der Waals surface area contributed by atoms with Gasteiger partial charge in [0.25, 0.3) is 0 Å². The molecular weight excluding hydrogens is 365 g/mol. The van der Waals surface area contributed by atoms with Gasteiger partial charge in [-0.15, -0.1) is 24.8 Å². The first-order chi connectivity index (χ1) is 11.1. The molecule has 2 N–H and O–H groups in total. The fraction of sp³-hybridized carbons (Fsp3) is 0.588. The number of amides is 1. The number of carbonyl (C=O) groups excluding carboxylic acids is 1. The zero-order valence-electron chi connectivity index (χ0n) is 14.8. The second kappa shape index (κ2) is 13.2. The van der Waals surface area contributed by atoms with Crippen LogP contribution in [0.1, 0.15) is 12.0 Å². The van der Waals surface area contributed by atoms with E-state index in [9.17, 15) is 4.79 Å². The minimum atomic E-state index is -0.247. The monoisotopic (exact) mass is 393 g/mol. The van der Waals surface area contributed by atoms with Gasteiger partial charge in [-0.25, -0.2) is 0 Å². The summed E-state index contributed by atoms with van der Waals surface area (Å²) >= 11 is 0. The lowest BCUT2D eigenvalue weighted by atomic mass is 10.2. The Hall–Kier alpha value is -1.05. The van der Waals surface area contributed by atoms with Crippen LogP contribution in [0.25, 0.3) is 0 Å². The summed E-state index contributed by atoms with van der Waals surface area (Å²) < 4.78 is 11.0. The summed E-state index contributed by atoms with van der Waals surface area (Å²) in [7, 11) is 4.11. The number of hydrogen-bond donors (Lipinski definition) is 2. The van der Waals surface area contributed by atoms with Crippen molar-refractivity contribution in [3.63, 3.8) is 0 Å². The van der Waals surface area contributed by atoms with Gasteiger partial charge in [-0.1, -0.05) is 12.1 Å². The molecule has 1 unspecified atom stereocenters. The molecule has 1 aliphatic heterocycles. The van der Waals surface area contributed by atoms with Gasteiger partial charge in [0.2, 0.25) is 5.91 Å². The molecule has 1 atom stereocenters. The second-order valence-corrected chi connectivity index (χ2v) is 5.95. The van der Waals surface area contributed by atoms with Crippen LogP contribution >= 0.6 is 24.8 Å². The Morgan fingerprint density at radius 3 is 2.64 bits per heavy atom. The molecule has 1 saturated heterocycles. The summed E-state index contributed by atoms with van der Waals surface area (Å²) in [5.41, 5.74) is 1.05. The van der Waals surface area contributed by atoms with E-state index in [4.69, 9.17) is 9.47 Å². The predicted molar refractivity (Wildman–Crippen MR) is 104 cm³/mol. The van der Waals surface area contributed by atoms with Crippen molar-refractivity contribution in [2.75, 3.05) is 47.0 Å². The first-order valence-corrected chi connectivity index (χ1v) is 8.10. The number of ether oxygens (including phenoxy) is 2. The molecule has 0 bridgehead atoms. The van der Waals surface area contributed by atoms with Crippen molar-refractivity contribution in [3.8, 4) is 5.75 Å². The highest BCUT2D eigenvalue weighted by Crippen LogP contribution is 2.12. The third-order valence-electron chi connectivity index (χ3n) is 3.65. The van der Waals surface area contributed by atoms with Crippen LogP contribution in [0.15, 0.2) is 24.3 Å². The Bertz CT molecular complexity index is 481. The number of carbonyl (C=O) groups is 1. The van der Waals surface area contributed by atoms with Crippen LogP contribution in [-0.2, 0) is 16.1 Å². The number of rotatable bonds is 8. The van der Waals surface area contributed by atoms with E-state index >= 15 is 0 Å². The van der Waals surface area contributed by atoms with Crippen LogP contribution in [0, 0.1) is 0 Å². The van der Waals surface area contributed by atoms with Gasteiger partial charge >= 0.3 is 0 Å². The molecular formula is C17H29Cl2N3O3. The SMILES string of the molecule is CN(C)CCCOc1ccc(CNC(=O)C2COCCN2)cc1.Cl.Cl. The van der Waals surface area contributed by atoms with Crippen molar-refractivity contribution in [1.82, 2.24) is 15.5 Å². The quantitative estimate of drug-likeness (QED) is 0.654. The molecule has 0 saturated carbocycles. The van der Waals surface area contributed by atoms with E-state index in [1.54, 1.807) is 0 Å². The summed E-state index contributed by atoms with van der Waals surface area (Å²) in [6, 6.07) is 7.60. The van der Waals surface area contributed by atoms with Gasteiger partial charge in [0, 0.05) is 19.6 Å². The molecule has 2 rings (SSSR count). The number of hydrogen-bond acceptors (Lipinski definition) is 5. The zero-order chi connectivity index (χ0) is 16.5. The molecule has 0 spiro atoms. The highest BCUT2D eigenvalue weighted by atomic mass is 35.5. The molecule has 25 heavy (non-hydrogen) atoms. The van der Waals surface area contributed by atoms with Crippen molar-refractivity contribution in [2.24, 2.45) is 0 Å². The molecule has 1 aromatic rings. The topological polar surface area (TPSA) is 62.8 Å². The van der Waals surface area contributed by atoms with E-state index in [2.05, 4.69) is 29.6 Å². The predicted octanol–water partition coefficient (Wildman–Crippen LogP) is 1.47. The Morgan fingerprint density at radius 2 is 2.04 bits per heavy atom. The van der Waals surface area contributed by atoms with Gasteiger partial charge in [0.15, 0.2) is 0 Å². The summed E-state index contributed by atoms with van der Waals surface area (Å²) in [6.07, 6.45) is 1.00. The summed E-state index contributed by atoms with van der Waals surface area (Å²) in [5, 5.41) is 6.07. The van der Waals surface area contributed by atoms with E-state index in [0.29, 0.717) is 26.4 Å². The van der Waals surface area contributed by atoms with E-state index in [0.717, 1.165) is 30.8 Å². The van der Waals surface area contributed by atoms with Crippen LogP contribution in [0.5, 0.6) is 5.75 Å². The molecule has 1 heterocycles. The van der Waals surface area contributed by atoms with Crippen molar-refractivity contribution in [1.29, 1.82) is 0 Å². The average Bonchev–Trinajstić information content (AvgIpc) is 2.58. The lowest BCUT2D eigenvalue weighted by Gasteiger charge is -2.22. The maximum Gasteiger partial charge on any atom is 0.239 e. The molecule has 1 fully saturated rings. The van der Waals surface area contributed by atoms with Gasteiger partial charge in [-0.05, 0) is 38.2 Å². The van der Waals surface area contributed by atoms with E-state index < -0.39 is 0 Å². The number of benzene rings is 1. The lowest BCUT2D eigenvalue weighted by Crippen LogP contribution is -2.51. The minimum Gasteiger partial charge on any atom is -0.494 e. The maximum absolute atomic E-state index is 12.0. The second-order valence-electron chi connectivity index (χ2n) is 5.95. The van der Waals surface area contributed by atoms with Crippen molar-refractivity contribution >= 4 is 30.7 Å². The molecule has 1 aromatic carbocycles. The van der Waals surface area contributed by atoms with Gasteiger partial charge in [-0.2, -0.15) is 0 Å². The molecule has 0 aliphatic carbocycles. The first kappa shape index (κ1) is 23.9. The zero-order valence-corrected chi connectivity index (χ0v) is 16.5. The molecule has 1 amide bonds. The highest BCUT2D eigenvalue weighted by molar-refractivity contribution is 5.85. The number of halogens is 2. The van der Waals surface area contributed by atoms with E-state index in [1.165, 1.54) is 0 Å². The largest absolute Gasteiger partial charge is 0.494 e. The molecule has 144 valence electrons. The number of morpholine rings is 1. The number of nitrogens with one attached hydrogen (secondary N) is 2. The molecule has 0 aromatic heterocycles. The van der Waals surface area contributed by atoms with Crippen LogP contribution < -0.4 is 15.4 Å². The van der Waals surface area contributed by atoms with E-state index in [-0.39, 0.29) is 36.8 Å². The fourth-order valence-electron chi connectivity index (χ4n) is 2.32. The Balaban J connectivity index is 0.00000288. The molecule has 1 aliphatic rings. The lowest BCUT2D eigenvalue weighted by molar-refractivity contribution is -0.126. The van der Waals surface area contributed by atoms with Crippen LogP contribution in [0.3, 0.4) is 0 Å². The Labute approximate surface area is 162 Å². The van der Waals surface area contributed by atoms with Crippen LogP contribution in [0.2, 0.25) is 0 Å². The third-order valence-corrected chi connectivity index (χ3v) is 3.65. The van der Waals surface area contributed by atoms with Crippen molar-refractivity contribution < 1.29 is 14.3 Å². The molecule has 6 nitrogen and oxygen atoms in total. The Morgan fingerprint density at radius 1 is 1.32 bits per heavy atom. The van der Waals surface area contributed by atoms with Crippen LogP contribution in [0.4, 0.5) is 0 Å². The van der Waals surface area contributed by atoms with Crippen LogP contribution in [-0.4, -0.2) is 63.9 Å². The van der Waals surface area contributed by atoms with Crippen molar-refractivity contribution in [2.45, 2.75) is 19.0 Å². The molecule has 0 radical (unpaired) electrons. The average molecular weight is 394 g/mol. The highest BCUT2D eigenvalue weighted by Gasteiger charge is 2.20. The van der Waals surface area contributed by atoms with Gasteiger partial charge < -0.3 is 25.0 Å². The normalized spacial score (nSPS) is 16.5. The fourth-order valence-corrected chi connectivity index (χ4v) is 2.32. The van der Waals surface area contributed by atoms with Gasteiger partial charge in [0.05, 0.1) is 19.8 Å². The standard InChI is InChI=1S/C17H27N3O3.2ClH/c1-20(2)9-3-10-23-15-6-4-14(5-7-15)12-19-17(21)16-13-22-11-8-18-16;;/h4-7,16,18H,3,8-13H2,1-2H3,(H,19,21);2*1H. The summed E-state index contributed by atoms with van der Waals surface area (Å²) in [5.74, 6) is 0.842. The smallest absolute Gasteiger partial charge is 0.239 e. The molecule has 8 heteroatoms. The first-order valence-electron chi connectivity index (χ1n) is 8.10. The van der Waals surface area contributed by atoms with Gasteiger partial charge in [0.1, 0.15) is 11.8 Å². The number of nitrogens with zero attached hydrogens (tertiary/aromatic N) is 1. The minimum absolute atomic E-state index is 0. The maximum atomic E-state index is 12.0. The van der Waals surface area contributed by atoms with Crippen molar-refractivity contribution in [3.05, 3.63) is 29.8 Å². The summed E-state index contributed by atoms with van der Waals surface area (Å²) in [4.78, 5) is 14.1.